The van der Waals surface area contributed by atoms with E-state index in [0.29, 0.717) is 0 Å². The van der Waals surface area contributed by atoms with Crippen molar-refractivity contribution in [3.05, 3.63) is 79.1 Å². The van der Waals surface area contributed by atoms with Gasteiger partial charge in [0.1, 0.15) is 11.4 Å². The Morgan fingerprint density at radius 2 is 1.59 bits per heavy atom. The van der Waals surface area contributed by atoms with E-state index in [4.69, 9.17) is 0 Å². The van der Waals surface area contributed by atoms with Gasteiger partial charge < -0.3 is 9.51 Å². The van der Waals surface area contributed by atoms with Crippen LogP contribution in [-0.4, -0.2) is 14.5 Å². The fourth-order valence-corrected chi connectivity index (χ4v) is 2.71. The molecule has 4 aromatic rings. The maximum atomic E-state index is 10.1. The van der Waals surface area contributed by atoms with E-state index in [1.54, 1.807) is 12.3 Å². The Morgan fingerprint density at radius 3 is 2.41 bits per heavy atom. The normalized spacial score (nSPS) is 10.9. The summed E-state index contributed by atoms with van der Waals surface area (Å²) in [6, 6.07) is 21.5. The number of rotatable bonds is 2. The second-order valence-electron chi connectivity index (χ2n) is 5.17. The molecule has 0 spiro atoms. The van der Waals surface area contributed by atoms with Gasteiger partial charge in [-0.3, -0.25) is 0 Å². The standard InChI is InChI=1S/C19H14N2O/c22-18-9-5-4-8-16(18)17-10-11-20-19-12-15(13-21(17)19)14-6-2-1-3-7-14/h1-13,22H. The Balaban J connectivity index is 1.95. The van der Waals surface area contributed by atoms with Gasteiger partial charge in [-0.15, -0.1) is 0 Å². The van der Waals surface area contributed by atoms with Crippen LogP contribution < -0.4 is 0 Å². The molecule has 0 aliphatic heterocycles. The summed E-state index contributed by atoms with van der Waals surface area (Å²) in [6.45, 7) is 0. The van der Waals surface area contributed by atoms with Crippen molar-refractivity contribution in [3.8, 4) is 28.1 Å². The molecule has 0 amide bonds. The first-order valence-electron chi connectivity index (χ1n) is 7.14. The summed E-state index contributed by atoms with van der Waals surface area (Å²) in [7, 11) is 0. The number of fused-ring (bicyclic) bond motifs is 1. The second kappa shape index (κ2) is 5.04. The number of hydrogen-bond acceptors (Lipinski definition) is 2. The molecule has 0 saturated heterocycles. The molecule has 2 heterocycles. The van der Waals surface area contributed by atoms with Crippen LogP contribution in [-0.2, 0) is 0 Å². The minimum Gasteiger partial charge on any atom is -0.507 e. The smallest absolute Gasteiger partial charge is 0.137 e. The molecule has 106 valence electrons. The first kappa shape index (κ1) is 12.7. The number of nitrogens with zero attached hydrogens (tertiary/aromatic N) is 2. The third-order valence-electron chi connectivity index (χ3n) is 3.79. The summed E-state index contributed by atoms with van der Waals surface area (Å²) < 4.78 is 2.01. The second-order valence-corrected chi connectivity index (χ2v) is 5.17. The van der Waals surface area contributed by atoms with Crippen LogP contribution in [0.2, 0.25) is 0 Å². The zero-order chi connectivity index (χ0) is 14.9. The van der Waals surface area contributed by atoms with Gasteiger partial charge in [-0.25, -0.2) is 4.98 Å². The van der Waals surface area contributed by atoms with Gasteiger partial charge in [0.15, 0.2) is 0 Å². The molecule has 0 fully saturated rings. The molecule has 22 heavy (non-hydrogen) atoms. The molecule has 0 aliphatic rings. The Bertz CT molecular complexity index is 942. The maximum Gasteiger partial charge on any atom is 0.137 e. The van der Waals surface area contributed by atoms with Gasteiger partial charge in [-0.1, -0.05) is 42.5 Å². The summed E-state index contributed by atoms with van der Waals surface area (Å²) in [4.78, 5) is 4.42. The van der Waals surface area contributed by atoms with Crippen molar-refractivity contribution in [3.63, 3.8) is 0 Å². The third kappa shape index (κ3) is 2.04. The van der Waals surface area contributed by atoms with Gasteiger partial charge in [0.05, 0.1) is 5.69 Å². The summed E-state index contributed by atoms with van der Waals surface area (Å²) >= 11 is 0. The molecule has 0 saturated carbocycles. The van der Waals surface area contributed by atoms with Crippen molar-refractivity contribution >= 4 is 5.65 Å². The number of aromatic nitrogens is 2. The summed E-state index contributed by atoms with van der Waals surface area (Å²) in [5, 5.41) is 10.1. The molecule has 0 unspecified atom stereocenters. The fourth-order valence-electron chi connectivity index (χ4n) is 2.71. The van der Waals surface area contributed by atoms with Crippen molar-refractivity contribution in [1.82, 2.24) is 9.38 Å². The largest absolute Gasteiger partial charge is 0.507 e. The fraction of sp³-hybridized carbons (Fsp3) is 0. The summed E-state index contributed by atoms with van der Waals surface area (Å²) in [6.07, 6.45) is 3.82. The lowest BCUT2D eigenvalue weighted by Gasteiger charge is -2.07. The van der Waals surface area contributed by atoms with Gasteiger partial charge >= 0.3 is 0 Å². The van der Waals surface area contributed by atoms with Gasteiger partial charge in [-0.2, -0.15) is 0 Å². The predicted molar refractivity (Wildman–Crippen MR) is 87.7 cm³/mol. The highest BCUT2D eigenvalue weighted by molar-refractivity contribution is 5.74. The van der Waals surface area contributed by atoms with E-state index in [0.717, 1.165) is 28.0 Å². The van der Waals surface area contributed by atoms with Crippen LogP contribution in [0.5, 0.6) is 5.75 Å². The van der Waals surface area contributed by atoms with Crippen LogP contribution in [0.1, 0.15) is 0 Å². The first-order valence-corrected chi connectivity index (χ1v) is 7.14. The zero-order valence-electron chi connectivity index (χ0n) is 11.8. The van der Waals surface area contributed by atoms with Gasteiger partial charge in [-0.05, 0) is 29.8 Å². The molecule has 1 N–H and O–H groups in total. The van der Waals surface area contributed by atoms with Crippen molar-refractivity contribution < 1.29 is 5.11 Å². The van der Waals surface area contributed by atoms with Crippen LogP contribution in [0.4, 0.5) is 0 Å². The Labute approximate surface area is 128 Å². The third-order valence-corrected chi connectivity index (χ3v) is 3.79. The lowest BCUT2D eigenvalue weighted by atomic mass is 10.1. The minimum absolute atomic E-state index is 0.268. The number of phenols is 1. The number of phenolic OH excluding ortho intramolecular Hbond substituents is 1. The topological polar surface area (TPSA) is 37.5 Å². The van der Waals surface area contributed by atoms with E-state index in [-0.39, 0.29) is 5.75 Å². The first-order chi connectivity index (χ1) is 10.8. The lowest BCUT2D eigenvalue weighted by molar-refractivity contribution is 0.477. The van der Waals surface area contributed by atoms with E-state index in [2.05, 4.69) is 29.4 Å². The van der Waals surface area contributed by atoms with Gasteiger partial charge in [0, 0.05) is 23.5 Å². The highest BCUT2D eigenvalue weighted by Crippen LogP contribution is 2.31. The Kier molecular flexibility index (Phi) is 2.90. The molecule has 4 rings (SSSR count). The average molecular weight is 286 g/mol. The zero-order valence-corrected chi connectivity index (χ0v) is 11.8. The van der Waals surface area contributed by atoms with Crippen LogP contribution in [0.25, 0.3) is 28.0 Å². The van der Waals surface area contributed by atoms with E-state index in [9.17, 15) is 5.11 Å². The van der Waals surface area contributed by atoms with Crippen molar-refractivity contribution in [2.45, 2.75) is 0 Å². The SMILES string of the molecule is Oc1ccccc1-c1ccnc2cc(-c3ccccc3)cn12. The number of aromatic hydroxyl groups is 1. The molecule has 2 aromatic heterocycles. The molecule has 0 radical (unpaired) electrons. The molecule has 0 atom stereocenters. The van der Waals surface area contributed by atoms with Crippen molar-refractivity contribution in [2.24, 2.45) is 0 Å². The maximum absolute atomic E-state index is 10.1. The van der Waals surface area contributed by atoms with Crippen molar-refractivity contribution in [2.75, 3.05) is 0 Å². The van der Waals surface area contributed by atoms with Crippen LogP contribution >= 0.6 is 0 Å². The molecular weight excluding hydrogens is 272 g/mol. The molecule has 2 aromatic carbocycles. The summed E-state index contributed by atoms with van der Waals surface area (Å²) in [5.41, 5.74) is 4.84. The number of benzene rings is 2. The van der Waals surface area contributed by atoms with E-state index in [1.165, 1.54) is 0 Å². The number of para-hydroxylation sites is 1. The molecule has 0 aliphatic carbocycles. The van der Waals surface area contributed by atoms with Crippen LogP contribution in [0.15, 0.2) is 79.1 Å². The van der Waals surface area contributed by atoms with Gasteiger partial charge in [0.2, 0.25) is 0 Å². The molecule has 0 bridgehead atoms. The van der Waals surface area contributed by atoms with Crippen molar-refractivity contribution in [1.29, 1.82) is 0 Å². The average Bonchev–Trinajstić information content (AvgIpc) is 3.00. The molecular formula is C19H14N2O. The van der Waals surface area contributed by atoms with Crippen LogP contribution in [0.3, 0.4) is 0 Å². The van der Waals surface area contributed by atoms with E-state index in [1.807, 2.05) is 46.9 Å². The Hall–Kier alpha value is -3.07. The van der Waals surface area contributed by atoms with Gasteiger partial charge in [0.25, 0.3) is 0 Å². The predicted octanol–water partition coefficient (Wildman–Crippen LogP) is 4.37. The molecule has 3 nitrogen and oxygen atoms in total. The highest BCUT2D eigenvalue weighted by Gasteiger charge is 2.10. The quantitative estimate of drug-likeness (QED) is 0.594. The summed E-state index contributed by atoms with van der Waals surface area (Å²) in [5.74, 6) is 0.268. The Morgan fingerprint density at radius 1 is 0.818 bits per heavy atom. The number of hydrogen-bond donors (Lipinski definition) is 1. The van der Waals surface area contributed by atoms with E-state index >= 15 is 0 Å². The minimum atomic E-state index is 0.268. The highest BCUT2D eigenvalue weighted by atomic mass is 16.3. The lowest BCUT2D eigenvalue weighted by Crippen LogP contribution is -1.92. The van der Waals surface area contributed by atoms with E-state index < -0.39 is 0 Å². The molecule has 3 heteroatoms. The van der Waals surface area contributed by atoms with Crippen LogP contribution in [0, 0.1) is 0 Å². The monoisotopic (exact) mass is 286 g/mol.